The van der Waals surface area contributed by atoms with Crippen molar-refractivity contribution in [1.29, 1.82) is 0 Å². The van der Waals surface area contributed by atoms with Crippen molar-refractivity contribution in [3.63, 3.8) is 0 Å². The van der Waals surface area contributed by atoms with Crippen LogP contribution < -0.4 is 11.1 Å². The number of rotatable bonds is 6. The largest absolute Gasteiger partial charge is 0.348 e. The summed E-state index contributed by atoms with van der Waals surface area (Å²) in [6, 6.07) is 7.65. The first-order chi connectivity index (χ1) is 8.19. The molecule has 0 aliphatic heterocycles. The van der Waals surface area contributed by atoms with Gasteiger partial charge in [-0.05, 0) is 41.1 Å². The third-order valence-corrected chi connectivity index (χ3v) is 3.59. The topological polar surface area (TPSA) is 55.1 Å². The normalized spacial score (nSPS) is 11.5. The summed E-state index contributed by atoms with van der Waals surface area (Å²) in [5, 5.41) is 2.99. The lowest BCUT2D eigenvalue weighted by Crippen LogP contribution is -2.40. The van der Waals surface area contributed by atoms with E-state index in [4.69, 9.17) is 5.73 Å². The Balaban J connectivity index is 0.00000289. The van der Waals surface area contributed by atoms with E-state index in [1.165, 1.54) is 0 Å². The zero-order chi connectivity index (χ0) is 12.7. The molecule has 0 aliphatic rings. The summed E-state index contributed by atoms with van der Waals surface area (Å²) in [5.41, 5.74) is 6.39. The Kier molecular flexibility index (Phi) is 9.40. The van der Waals surface area contributed by atoms with Crippen LogP contribution in [0.4, 0.5) is 0 Å². The van der Waals surface area contributed by atoms with Crippen molar-refractivity contribution >= 4 is 40.9 Å². The standard InChI is InChI=1S/C13H19IN2O.ClH/c1-2-3-6-10(9-15)16-13(17)11-7-4-5-8-12(11)14;/h4-5,7-8,10H,2-3,6,9,15H2,1H3,(H,16,17);1H. The number of nitrogens with one attached hydrogen (secondary N) is 1. The van der Waals surface area contributed by atoms with Crippen molar-refractivity contribution in [3.05, 3.63) is 33.4 Å². The highest BCUT2D eigenvalue weighted by atomic mass is 127. The van der Waals surface area contributed by atoms with E-state index in [1.54, 1.807) is 0 Å². The van der Waals surface area contributed by atoms with Gasteiger partial charge in [-0.1, -0.05) is 31.9 Å². The highest BCUT2D eigenvalue weighted by Crippen LogP contribution is 2.11. The average Bonchev–Trinajstić information content (AvgIpc) is 2.34. The molecule has 0 heterocycles. The van der Waals surface area contributed by atoms with Crippen molar-refractivity contribution in [2.24, 2.45) is 5.73 Å². The molecule has 0 aliphatic carbocycles. The van der Waals surface area contributed by atoms with E-state index in [1.807, 2.05) is 24.3 Å². The summed E-state index contributed by atoms with van der Waals surface area (Å²) >= 11 is 2.17. The lowest BCUT2D eigenvalue weighted by atomic mass is 10.1. The third kappa shape index (κ3) is 5.54. The lowest BCUT2D eigenvalue weighted by molar-refractivity contribution is 0.0935. The quantitative estimate of drug-likeness (QED) is 0.743. The third-order valence-electron chi connectivity index (χ3n) is 2.64. The van der Waals surface area contributed by atoms with E-state index in [0.29, 0.717) is 6.54 Å². The molecule has 0 saturated carbocycles. The Hall–Kier alpha value is -0.330. The molecule has 3 nitrogen and oxygen atoms in total. The Bertz CT molecular complexity index is 374. The summed E-state index contributed by atoms with van der Waals surface area (Å²) in [6.07, 6.45) is 3.16. The van der Waals surface area contributed by atoms with Crippen LogP contribution in [0.3, 0.4) is 0 Å². The molecule has 18 heavy (non-hydrogen) atoms. The van der Waals surface area contributed by atoms with Gasteiger partial charge in [0.05, 0.1) is 5.56 Å². The van der Waals surface area contributed by atoms with Crippen molar-refractivity contribution in [2.45, 2.75) is 32.2 Å². The van der Waals surface area contributed by atoms with E-state index >= 15 is 0 Å². The summed E-state index contributed by atoms with van der Waals surface area (Å²) in [7, 11) is 0. The second kappa shape index (κ2) is 9.58. The first-order valence-corrected chi connectivity index (χ1v) is 7.02. The molecule has 1 aromatic carbocycles. The van der Waals surface area contributed by atoms with Gasteiger partial charge in [0.15, 0.2) is 0 Å². The van der Waals surface area contributed by atoms with Gasteiger partial charge >= 0.3 is 0 Å². The number of unbranched alkanes of at least 4 members (excludes halogenated alkanes) is 1. The molecule has 1 aromatic rings. The molecule has 0 fully saturated rings. The van der Waals surface area contributed by atoms with E-state index in [9.17, 15) is 4.79 Å². The molecular weight excluding hydrogens is 363 g/mol. The average molecular weight is 383 g/mol. The van der Waals surface area contributed by atoms with E-state index in [2.05, 4.69) is 34.8 Å². The fraction of sp³-hybridized carbons (Fsp3) is 0.462. The van der Waals surface area contributed by atoms with Crippen LogP contribution in [-0.4, -0.2) is 18.5 Å². The number of halogens is 2. The molecule has 0 bridgehead atoms. The molecule has 0 aromatic heterocycles. The minimum Gasteiger partial charge on any atom is -0.348 e. The fourth-order valence-corrected chi connectivity index (χ4v) is 2.24. The lowest BCUT2D eigenvalue weighted by Gasteiger charge is -2.16. The number of hydrogen-bond donors (Lipinski definition) is 2. The van der Waals surface area contributed by atoms with Gasteiger partial charge in [0, 0.05) is 16.2 Å². The molecular formula is C13H20ClIN2O. The Morgan fingerprint density at radius 1 is 1.44 bits per heavy atom. The summed E-state index contributed by atoms with van der Waals surface area (Å²) in [5.74, 6) is -0.0263. The maximum atomic E-state index is 12.0. The van der Waals surface area contributed by atoms with Gasteiger partial charge in [0.1, 0.15) is 0 Å². The first kappa shape index (κ1) is 17.7. The number of hydrogen-bond acceptors (Lipinski definition) is 2. The van der Waals surface area contributed by atoms with Crippen molar-refractivity contribution in [3.8, 4) is 0 Å². The number of benzene rings is 1. The summed E-state index contributed by atoms with van der Waals surface area (Å²) in [4.78, 5) is 12.0. The molecule has 3 N–H and O–H groups in total. The van der Waals surface area contributed by atoms with Crippen LogP contribution in [0.25, 0.3) is 0 Å². The Morgan fingerprint density at radius 2 is 2.11 bits per heavy atom. The molecule has 1 atom stereocenters. The fourth-order valence-electron chi connectivity index (χ4n) is 1.61. The number of carbonyl (C=O) groups is 1. The predicted molar refractivity (Wildman–Crippen MR) is 86.2 cm³/mol. The maximum Gasteiger partial charge on any atom is 0.252 e. The van der Waals surface area contributed by atoms with Crippen molar-refractivity contribution in [1.82, 2.24) is 5.32 Å². The van der Waals surface area contributed by atoms with Gasteiger partial charge in [-0.3, -0.25) is 4.79 Å². The smallest absolute Gasteiger partial charge is 0.252 e. The SMILES string of the molecule is CCCCC(CN)NC(=O)c1ccccc1I.Cl. The summed E-state index contributed by atoms with van der Waals surface area (Å²) < 4.78 is 0.967. The van der Waals surface area contributed by atoms with E-state index in [0.717, 1.165) is 28.4 Å². The highest BCUT2D eigenvalue weighted by molar-refractivity contribution is 14.1. The van der Waals surface area contributed by atoms with Crippen LogP contribution >= 0.6 is 35.0 Å². The second-order valence-corrected chi connectivity index (χ2v) is 5.19. The van der Waals surface area contributed by atoms with E-state index in [-0.39, 0.29) is 24.4 Å². The molecule has 1 amide bonds. The van der Waals surface area contributed by atoms with Crippen LogP contribution in [0, 0.1) is 3.57 Å². The second-order valence-electron chi connectivity index (χ2n) is 4.03. The van der Waals surface area contributed by atoms with Crippen LogP contribution in [-0.2, 0) is 0 Å². The van der Waals surface area contributed by atoms with Crippen molar-refractivity contribution < 1.29 is 4.79 Å². The molecule has 5 heteroatoms. The van der Waals surface area contributed by atoms with Gasteiger partial charge in [-0.2, -0.15) is 0 Å². The predicted octanol–water partition coefficient (Wildman–Crippen LogP) is 2.96. The first-order valence-electron chi connectivity index (χ1n) is 5.94. The van der Waals surface area contributed by atoms with Crippen LogP contribution in [0.15, 0.2) is 24.3 Å². The van der Waals surface area contributed by atoms with Gasteiger partial charge in [-0.25, -0.2) is 0 Å². The molecule has 0 radical (unpaired) electrons. The maximum absolute atomic E-state index is 12.0. The molecule has 0 saturated heterocycles. The molecule has 102 valence electrons. The number of carbonyl (C=O) groups excluding carboxylic acids is 1. The van der Waals surface area contributed by atoms with Crippen LogP contribution in [0.5, 0.6) is 0 Å². The summed E-state index contributed by atoms with van der Waals surface area (Å²) in [6.45, 7) is 2.63. The zero-order valence-corrected chi connectivity index (χ0v) is 13.5. The van der Waals surface area contributed by atoms with Crippen LogP contribution in [0.2, 0.25) is 0 Å². The van der Waals surface area contributed by atoms with Crippen molar-refractivity contribution in [2.75, 3.05) is 6.54 Å². The van der Waals surface area contributed by atoms with Crippen LogP contribution in [0.1, 0.15) is 36.5 Å². The highest BCUT2D eigenvalue weighted by Gasteiger charge is 2.13. The minimum atomic E-state index is -0.0263. The van der Waals surface area contributed by atoms with Gasteiger partial charge < -0.3 is 11.1 Å². The zero-order valence-electron chi connectivity index (χ0n) is 10.5. The van der Waals surface area contributed by atoms with E-state index < -0.39 is 0 Å². The van der Waals surface area contributed by atoms with Gasteiger partial charge in [0.2, 0.25) is 0 Å². The molecule has 1 rings (SSSR count). The molecule has 1 unspecified atom stereocenters. The molecule has 0 spiro atoms. The number of amides is 1. The van der Waals surface area contributed by atoms with Gasteiger partial charge in [0.25, 0.3) is 5.91 Å². The monoisotopic (exact) mass is 382 g/mol. The number of nitrogens with two attached hydrogens (primary N) is 1. The van der Waals surface area contributed by atoms with Gasteiger partial charge in [-0.15, -0.1) is 12.4 Å². The Labute approximate surface area is 128 Å². The Morgan fingerprint density at radius 3 is 2.67 bits per heavy atom. The minimum absolute atomic E-state index is 0.